The van der Waals surface area contributed by atoms with Crippen LogP contribution >= 0.6 is 0 Å². The van der Waals surface area contributed by atoms with Gasteiger partial charge >= 0.3 is 0 Å². The third-order valence-electron chi connectivity index (χ3n) is 3.90. The predicted molar refractivity (Wildman–Crippen MR) is 67.1 cm³/mol. The maximum atomic E-state index is 12.4. The van der Waals surface area contributed by atoms with E-state index in [0.29, 0.717) is 12.0 Å². The van der Waals surface area contributed by atoms with Gasteiger partial charge in [-0.15, -0.1) is 0 Å². The van der Waals surface area contributed by atoms with Gasteiger partial charge in [-0.1, -0.05) is 27.7 Å². The molecule has 1 fully saturated rings. The first-order valence-corrected chi connectivity index (χ1v) is 6.47. The van der Waals surface area contributed by atoms with Crippen molar-refractivity contribution >= 4 is 5.91 Å². The van der Waals surface area contributed by atoms with E-state index < -0.39 is 0 Å². The summed E-state index contributed by atoms with van der Waals surface area (Å²) in [5.74, 6) is 0.778. The fraction of sp³-hybridized carbons (Fsp3) is 0.923. The molecule has 0 aromatic carbocycles. The summed E-state index contributed by atoms with van der Waals surface area (Å²) in [5.41, 5.74) is -0.359. The summed E-state index contributed by atoms with van der Waals surface area (Å²) >= 11 is 0. The highest BCUT2D eigenvalue weighted by molar-refractivity contribution is 5.88. The first kappa shape index (κ1) is 13.5. The maximum absolute atomic E-state index is 12.4. The van der Waals surface area contributed by atoms with Crippen LogP contribution in [0.1, 0.15) is 54.4 Å². The van der Waals surface area contributed by atoms with Crippen molar-refractivity contribution in [2.75, 3.05) is 0 Å². The number of hydrogen-bond donors (Lipinski definition) is 1. The first-order valence-electron chi connectivity index (χ1n) is 6.47. The third kappa shape index (κ3) is 2.10. The Hall–Kier alpha value is -0.570. The standard InChI is InChI=1S/C13H26N2O/c1-7-11(9(3)4)15-10(5)14-13(6,8-2)12(15)16/h9-11,14H,7-8H2,1-6H3. The van der Waals surface area contributed by atoms with Gasteiger partial charge in [0.15, 0.2) is 0 Å². The summed E-state index contributed by atoms with van der Waals surface area (Å²) in [5, 5.41) is 3.43. The molecule has 0 aliphatic carbocycles. The van der Waals surface area contributed by atoms with Crippen molar-refractivity contribution in [1.82, 2.24) is 10.2 Å². The van der Waals surface area contributed by atoms with Gasteiger partial charge in [0.05, 0.1) is 11.7 Å². The topological polar surface area (TPSA) is 32.3 Å². The van der Waals surface area contributed by atoms with Crippen molar-refractivity contribution in [3.63, 3.8) is 0 Å². The molecule has 16 heavy (non-hydrogen) atoms. The Bertz CT molecular complexity index is 265. The quantitative estimate of drug-likeness (QED) is 0.798. The molecule has 1 aliphatic rings. The average molecular weight is 226 g/mol. The molecule has 0 spiro atoms. The second kappa shape index (κ2) is 4.74. The molecule has 0 aromatic heterocycles. The molecule has 94 valence electrons. The second-order valence-electron chi connectivity index (χ2n) is 5.44. The summed E-state index contributed by atoms with van der Waals surface area (Å²) < 4.78 is 0. The molecule has 1 amide bonds. The predicted octanol–water partition coefficient (Wildman–Crippen LogP) is 2.37. The molecule has 0 aromatic rings. The summed E-state index contributed by atoms with van der Waals surface area (Å²) in [6.07, 6.45) is 2.03. The van der Waals surface area contributed by atoms with Crippen LogP contribution in [0.15, 0.2) is 0 Å². The van der Waals surface area contributed by atoms with E-state index in [2.05, 4.69) is 39.9 Å². The van der Waals surface area contributed by atoms with E-state index in [0.717, 1.165) is 12.8 Å². The monoisotopic (exact) mass is 226 g/mol. The van der Waals surface area contributed by atoms with E-state index in [-0.39, 0.29) is 17.6 Å². The Morgan fingerprint density at radius 1 is 1.44 bits per heavy atom. The Balaban J connectivity index is 2.93. The van der Waals surface area contributed by atoms with Gasteiger partial charge in [-0.2, -0.15) is 0 Å². The molecule has 3 unspecified atom stereocenters. The molecule has 3 atom stereocenters. The fourth-order valence-corrected chi connectivity index (χ4v) is 2.73. The number of carbonyl (C=O) groups is 1. The molecule has 1 saturated heterocycles. The molecule has 1 aliphatic heterocycles. The Kier molecular flexibility index (Phi) is 4.00. The number of rotatable bonds is 4. The molecule has 0 bridgehead atoms. The van der Waals surface area contributed by atoms with Gasteiger partial charge in [0.2, 0.25) is 5.91 Å². The number of nitrogens with zero attached hydrogens (tertiary/aromatic N) is 1. The normalized spacial score (nSPS) is 32.6. The van der Waals surface area contributed by atoms with Gasteiger partial charge in [-0.05, 0) is 32.6 Å². The zero-order valence-electron chi connectivity index (χ0n) is 11.5. The van der Waals surface area contributed by atoms with E-state index >= 15 is 0 Å². The van der Waals surface area contributed by atoms with Crippen LogP contribution < -0.4 is 5.32 Å². The maximum Gasteiger partial charge on any atom is 0.244 e. The molecule has 1 heterocycles. The highest BCUT2D eigenvalue weighted by Crippen LogP contribution is 2.28. The van der Waals surface area contributed by atoms with Gasteiger partial charge in [-0.3, -0.25) is 10.1 Å². The van der Waals surface area contributed by atoms with Crippen molar-refractivity contribution in [2.24, 2.45) is 5.92 Å². The van der Waals surface area contributed by atoms with Crippen LogP contribution in [-0.2, 0) is 4.79 Å². The number of amides is 1. The van der Waals surface area contributed by atoms with Gasteiger partial charge in [0.1, 0.15) is 0 Å². The van der Waals surface area contributed by atoms with Crippen LogP contribution in [0, 0.1) is 5.92 Å². The van der Waals surface area contributed by atoms with E-state index in [1.165, 1.54) is 0 Å². The van der Waals surface area contributed by atoms with Gasteiger partial charge in [-0.25, -0.2) is 0 Å². The van der Waals surface area contributed by atoms with E-state index in [1.54, 1.807) is 0 Å². The number of nitrogens with one attached hydrogen (secondary N) is 1. The van der Waals surface area contributed by atoms with Crippen LogP contribution in [-0.4, -0.2) is 28.6 Å². The molecule has 3 nitrogen and oxygen atoms in total. The van der Waals surface area contributed by atoms with Gasteiger partial charge < -0.3 is 4.90 Å². The van der Waals surface area contributed by atoms with Crippen LogP contribution in [0.5, 0.6) is 0 Å². The van der Waals surface area contributed by atoms with Crippen molar-refractivity contribution in [3.05, 3.63) is 0 Å². The summed E-state index contributed by atoms with van der Waals surface area (Å²) in [6.45, 7) is 12.7. The number of hydrogen-bond acceptors (Lipinski definition) is 2. The molecule has 3 heteroatoms. The minimum absolute atomic E-state index is 0.157. The number of carbonyl (C=O) groups excluding carboxylic acids is 1. The summed E-state index contributed by atoms with van der Waals surface area (Å²) in [4.78, 5) is 14.5. The van der Waals surface area contributed by atoms with E-state index in [4.69, 9.17) is 0 Å². The fourth-order valence-electron chi connectivity index (χ4n) is 2.73. The van der Waals surface area contributed by atoms with Gasteiger partial charge in [0.25, 0.3) is 0 Å². The minimum atomic E-state index is -0.359. The molecule has 1 N–H and O–H groups in total. The zero-order chi connectivity index (χ0) is 12.5. The van der Waals surface area contributed by atoms with Gasteiger partial charge in [0, 0.05) is 6.04 Å². The minimum Gasteiger partial charge on any atom is -0.323 e. The highest BCUT2D eigenvalue weighted by Gasteiger charge is 2.47. The Morgan fingerprint density at radius 2 is 2.00 bits per heavy atom. The van der Waals surface area contributed by atoms with Crippen molar-refractivity contribution in [1.29, 1.82) is 0 Å². The smallest absolute Gasteiger partial charge is 0.244 e. The Labute approximate surface area is 99.6 Å². The lowest BCUT2D eigenvalue weighted by Gasteiger charge is -2.33. The SMILES string of the molecule is CCC(C(C)C)N1C(=O)C(C)(CC)NC1C. The molecular formula is C13H26N2O. The molecule has 1 rings (SSSR count). The molecule has 0 saturated carbocycles. The highest BCUT2D eigenvalue weighted by atomic mass is 16.2. The van der Waals surface area contributed by atoms with Crippen molar-refractivity contribution < 1.29 is 4.79 Å². The van der Waals surface area contributed by atoms with Crippen LogP contribution in [0.25, 0.3) is 0 Å². The lowest BCUT2D eigenvalue weighted by molar-refractivity contribution is -0.135. The second-order valence-corrected chi connectivity index (χ2v) is 5.44. The molecular weight excluding hydrogens is 200 g/mol. The molecule has 0 radical (unpaired) electrons. The van der Waals surface area contributed by atoms with Crippen LogP contribution in [0.2, 0.25) is 0 Å². The van der Waals surface area contributed by atoms with E-state index in [9.17, 15) is 4.79 Å². The van der Waals surface area contributed by atoms with Crippen molar-refractivity contribution in [2.45, 2.75) is 72.1 Å². The largest absolute Gasteiger partial charge is 0.323 e. The first-order chi connectivity index (χ1) is 7.37. The third-order valence-corrected chi connectivity index (χ3v) is 3.90. The Morgan fingerprint density at radius 3 is 2.31 bits per heavy atom. The lowest BCUT2D eigenvalue weighted by Crippen LogP contribution is -2.46. The van der Waals surface area contributed by atoms with E-state index in [1.807, 2.05) is 11.8 Å². The van der Waals surface area contributed by atoms with Crippen molar-refractivity contribution in [3.8, 4) is 0 Å². The summed E-state index contributed by atoms with van der Waals surface area (Å²) in [7, 11) is 0. The van der Waals surface area contributed by atoms with Crippen LogP contribution in [0.4, 0.5) is 0 Å². The average Bonchev–Trinajstić information content (AvgIpc) is 2.43. The summed E-state index contributed by atoms with van der Waals surface area (Å²) in [6, 6.07) is 0.350. The zero-order valence-corrected chi connectivity index (χ0v) is 11.5. The lowest BCUT2D eigenvalue weighted by atomic mass is 9.96. The van der Waals surface area contributed by atoms with Crippen LogP contribution in [0.3, 0.4) is 0 Å².